The van der Waals surface area contributed by atoms with Gasteiger partial charge in [0, 0.05) is 18.2 Å². The third kappa shape index (κ3) is 5.85. The van der Waals surface area contributed by atoms with Gasteiger partial charge in [0.2, 0.25) is 12.0 Å². The zero-order chi connectivity index (χ0) is 31.2. The first-order valence-electron chi connectivity index (χ1n) is 13.0. The van der Waals surface area contributed by atoms with Gasteiger partial charge in [-0.25, -0.2) is 4.42 Å². The molecule has 2 aliphatic rings. The first-order chi connectivity index (χ1) is 20.4. The summed E-state index contributed by atoms with van der Waals surface area (Å²) >= 11 is 0. The highest BCUT2D eigenvalue weighted by Gasteiger charge is 2.51. The van der Waals surface area contributed by atoms with Gasteiger partial charge in [0.1, 0.15) is 59.6 Å². The molecule has 2 aromatic carbocycles. The third-order valence-electron chi connectivity index (χ3n) is 7.26. The van der Waals surface area contributed by atoms with Crippen molar-refractivity contribution in [3.63, 3.8) is 0 Å². The van der Waals surface area contributed by atoms with E-state index in [1.54, 1.807) is 0 Å². The van der Waals surface area contributed by atoms with Crippen LogP contribution in [0.1, 0.15) is 0 Å². The van der Waals surface area contributed by atoms with Crippen LogP contribution in [0, 0.1) is 0 Å². The molecule has 1 aromatic heterocycles. The van der Waals surface area contributed by atoms with E-state index in [2.05, 4.69) is 0 Å². The largest absolute Gasteiger partial charge is 0.507 e. The SMILES string of the molecule is OC[C@H]1O[C@@H](O[C@H]2[C@H](Oc3cc4c(O)cc(O)cc4[o+]c3-c3ccc(O)c(O)c3)O[C@H](CO)[C@@H](O)[C@@H]2O)[C@H](O)[C@@H](O)[C@@H]1O. The van der Waals surface area contributed by atoms with Crippen LogP contribution in [0.4, 0.5) is 0 Å². The van der Waals surface area contributed by atoms with Crippen LogP contribution in [-0.2, 0) is 14.2 Å². The summed E-state index contributed by atoms with van der Waals surface area (Å²) < 4.78 is 28.6. The second kappa shape index (κ2) is 12.2. The van der Waals surface area contributed by atoms with E-state index in [1.807, 2.05) is 0 Å². The number of aliphatic hydroxyl groups excluding tert-OH is 7. The molecule has 0 unspecified atom stereocenters. The lowest BCUT2D eigenvalue weighted by molar-refractivity contribution is -0.357. The van der Waals surface area contributed by atoms with Crippen LogP contribution in [0.2, 0.25) is 0 Å². The van der Waals surface area contributed by atoms with E-state index < -0.39 is 91.9 Å². The number of phenolic OH excluding ortho intramolecular Hbond substituents is 4. The summed E-state index contributed by atoms with van der Waals surface area (Å²) in [5, 5.41) is 112. The molecule has 0 spiro atoms. The standard InChI is InChI=1S/C27H30O16/c28-7-17-19(34)21(36)23(38)26(41-17)43-25-22(37)20(35)18(8-29)42-27(25)40-16-6-11-13(32)4-10(30)5-15(11)39-24(16)9-1-2-12(31)14(33)3-9/h1-6,17-23,25-29,34-38H,7-8H2,(H3-,30,31,32,33)/p+1/t17-,18-,19-,20-,21+,22+,23-,25-,26+,27-/m1/s1. The normalized spacial score (nSPS) is 33.0. The van der Waals surface area contributed by atoms with Crippen molar-refractivity contribution in [2.45, 2.75) is 61.4 Å². The molecular weight excluding hydrogens is 580 g/mol. The summed E-state index contributed by atoms with van der Waals surface area (Å²) in [6.45, 7) is -1.56. The monoisotopic (exact) mass is 611 g/mol. The molecule has 2 saturated heterocycles. The number of ether oxygens (including phenoxy) is 4. The number of aliphatic hydroxyl groups is 7. The Morgan fingerprint density at radius 1 is 0.674 bits per heavy atom. The van der Waals surface area contributed by atoms with E-state index in [-0.39, 0.29) is 33.8 Å². The van der Waals surface area contributed by atoms with Crippen molar-refractivity contribution < 1.29 is 79.5 Å². The van der Waals surface area contributed by atoms with Crippen molar-refractivity contribution in [3.8, 4) is 40.1 Å². The van der Waals surface area contributed by atoms with Gasteiger partial charge in [-0.2, -0.15) is 0 Å². The van der Waals surface area contributed by atoms with Crippen LogP contribution in [-0.4, -0.2) is 131 Å². The highest BCUT2D eigenvalue weighted by Crippen LogP contribution is 2.42. The van der Waals surface area contributed by atoms with E-state index in [0.29, 0.717) is 0 Å². The second-order valence-corrected chi connectivity index (χ2v) is 10.1. The summed E-state index contributed by atoms with van der Waals surface area (Å²) in [4.78, 5) is 0. The molecule has 0 saturated carbocycles. The van der Waals surface area contributed by atoms with Crippen molar-refractivity contribution in [1.29, 1.82) is 0 Å². The highest BCUT2D eigenvalue weighted by molar-refractivity contribution is 5.88. The molecule has 3 aromatic rings. The summed E-state index contributed by atoms with van der Waals surface area (Å²) in [6.07, 6.45) is -17.1. The number of fused-ring (bicyclic) bond motifs is 1. The lowest BCUT2D eigenvalue weighted by atomic mass is 9.97. The Morgan fingerprint density at radius 3 is 1.98 bits per heavy atom. The molecule has 16 heteroatoms. The average Bonchev–Trinajstić information content (AvgIpc) is 2.98. The number of phenols is 4. The maximum atomic E-state index is 10.9. The first-order valence-corrected chi connectivity index (χ1v) is 13.0. The van der Waals surface area contributed by atoms with Crippen LogP contribution in [0.5, 0.6) is 28.7 Å². The number of benzene rings is 2. The molecule has 11 N–H and O–H groups in total. The smallest absolute Gasteiger partial charge is 0.402 e. The minimum atomic E-state index is -1.89. The van der Waals surface area contributed by atoms with Gasteiger partial charge < -0.3 is 75.1 Å². The Kier molecular flexibility index (Phi) is 8.77. The fourth-order valence-electron chi connectivity index (χ4n) is 4.89. The maximum absolute atomic E-state index is 10.9. The second-order valence-electron chi connectivity index (χ2n) is 10.1. The molecule has 2 aliphatic heterocycles. The van der Waals surface area contributed by atoms with Gasteiger partial charge in [0.05, 0.1) is 24.8 Å². The third-order valence-corrected chi connectivity index (χ3v) is 7.26. The summed E-state index contributed by atoms with van der Waals surface area (Å²) in [7, 11) is 0. The van der Waals surface area contributed by atoms with Crippen molar-refractivity contribution >= 4 is 11.0 Å². The maximum Gasteiger partial charge on any atom is 0.402 e. The van der Waals surface area contributed by atoms with Crippen molar-refractivity contribution in [2.24, 2.45) is 0 Å². The minimum absolute atomic E-state index is 0.0288. The number of hydrogen-bond donors (Lipinski definition) is 11. The van der Waals surface area contributed by atoms with Crippen LogP contribution >= 0.6 is 0 Å². The van der Waals surface area contributed by atoms with Crippen LogP contribution < -0.4 is 4.74 Å². The van der Waals surface area contributed by atoms with Gasteiger partial charge >= 0.3 is 11.3 Å². The number of aromatic hydroxyl groups is 4. The Morgan fingerprint density at radius 2 is 1.33 bits per heavy atom. The fraction of sp³-hybridized carbons (Fsp3) is 0.444. The molecule has 0 amide bonds. The number of hydrogen-bond acceptors (Lipinski definition) is 15. The zero-order valence-electron chi connectivity index (χ0n) is 22.1. The molecule has 5 rings (SSSR count). The molecule has 0 bridgehead atoms. The lowest BCUT2D eigenvalue weighted by Crippen LogP contribution is -2.65. The molecule has 0 aliphatic carbocycles. The fourth-order valence-corrected chi connectivity index (χ4v) is 4.89. The van der Waals surface area contributed by atoms with Crippen molar-refractivity contribution in [2.75, 3.05) is 13.2 Å². The first kappa shape index (κ1) is 30.9. The van der Waals surface area contributed by atoms with E-state index in [1.165, 1.54) is 18.2 Å². The van der Waals surface area contributed by atoms with Gasteiger partial charge in [0.15, 0.2) is 23.9 Å². The van der Waals surface area contributed by atoms with Crippen LogP contribution in [0.15, 0.2) is 40.8 Å². The predicted molar refractivity (Wildman–Crippen MR) is 140 cm³/mol. The minimum Gasteiger partial charge on any atom is -0.507 e. The zero-order valence-corrected chi connectivity index (χ0v) is 22.1. The topological polar surface area (TPSA) is 271 Å². The molecular formula is C27H31O16+. The molecule has 0 radical (unpaired) electrons. The molecule has 2 fully saturated rings. The number of rotatable bonds is 7. The summed E-state index contributed by atoms with van der Waals surface area (Å²) in [5.74, 6) is -2.13. The van der Waals surface area contributed by atoms with Gasteiger partial charge in [-0.05, 0) is 12.1 Å². The Labute approximate surface area is 242 Å². The summed E-state index contributed by atoms with van der Waals surface area (Å²) in [6, 6.07) is 7.08. The molecule has 16 nitrogen and oxygen atoms in total. The van der Waals surface area contributed by atoms with Gasteiger partial charge in [-0.15, -0.1) is 0 Å². The van der Waals surface area contributed by atoms with E-state index in [4.69, 9.17) is 23.4 Å². The van der Waals surface area contributed by atoms with E-state index >= 15 is 0 Å². The average molecular weight is 612 g/mol. The molecule has 3 heterocycles. The lowest BCUT2D eigenvalue weighted by Gasteiger charge is -2.45. The Balaban J connectivity index is 1.57. The summed E-state index contributed by atoms with van der Waals surface area (Å²) in [5.41, 5.74) is 0.0892. The van der Waals surface area contributed by atoms with E-state index in [0.717, 1.165) is 18.2 Å². The van der Waals surface area contributed by atoms with Gasteiger partial charge in [-0.3, -0.25) is 0 Å². The van der Waals surface area contributed by atoms with E-state index in [9.17, 15) is 56.2 Å². The van der Waals surface area contributed by atoms with Crippen molar-refractivity contribution in [3.05, 3.63) is 36.4 Å². The molecule has 43 heavy (non-hydrogen) atoms. The molecule has 10 atom stereocenters. The van der Waals surface area contributed by atoms with Crippen LogP contribution in [0.25, 0.3) is 22.3 Å². The van der Waals surface area contributed by atoms with Crippen LogP contribution in [0.3, 0.4) is 0 Å². The Bertz CT molecular complexity index is 1450. The highest BCUT2D eigenvalue weighted by atomic mass is 16.8. The quantitative estimate of drug-likeness (QED) is 0.104. The predicted octanol–water partition coefficient (Wildman–Crippen LogP) is -1.79. The Hall–Kier alpha value is -3.55. The molecule has 234 valence electrons. The van der Waals surface area contributed by atoms with Crippen molar-refractivity contribution in [1.82, 2.24) is 0 Å². The van der Waals surface area contributed by atoms with Gasteiger partial charge in [0.25, 0.3) is 0 Å². The van der Waals surface area contributed by atoms with Gasteiger partial charge in [-0.1, -0.05) is 0 Å².